The molecule has 4 heteroatoms. The average molecular weight is 322 g/mol. The fraction of sp³-hybridized carbons (Fsp3) is 0.158. The number of para-hydroxylation sites is 1. The summed E-state index contributed by atoms with van der Waals surface area (Å²) in [5.74, 6) is -0.231. The zero-order valence-corrected chi connectivity index (χ0v) is 13.8. The first-order chi connectivity index (χ1) is 11.3. The molecule has 1 heterocycles. The molecule has 3 nitrogen and oxygen atoms in total. The Balaban J connectivity index is 1.95. The van der Waals surface area contributed by atoms with Crippen LogP contribution < -0.4 is 4.80 Å². The third-order valence-electron chi connectivity index (χ3n) is 3.46. The summed E-state index contributed by atoms with van der Waals surface area (Å²) < 4.78 is 3.27. The van der Waals surface area contributed by atoms with Gasteiger partial charge in [0.2, 0.25) is 0 Å². The largest absolute Gasteiger partial charge is 0.316 e. The third kappa shape index (κ3) is 3.66. The lowest BCUT2D eigenvalue weighted by molar-refractivity contribution is -0.113. The highest BCUT2D eigenvalue weighted by molar-refractivity contribution is 7.16. The van der Waals surface area contributed by atoms with E-state index in [2.05, 4.69) is 28.6 Å². The number of nitrogens with zero attached hydrogens (tertiary/aromatic N) is 2. The van der Waals surface area contributed by atoms with Crippen molar-refractivity contribution in [3.05, 3.63) is 71.0 Å². The van der Waals surface area contributed by atoms with Crippen molar-refractivity contribution in [2.45, 2.75) is 19.9 Å². The van der Waals surface area contributed by atoms with Gasteiger partial charge in [-0.1, -0.05) is 60.7 Å². The fourth-order valence-electron chi connectivity index (χ4n) is 2.41. The second-order valence-corrected chi connectivity index (χ2v) is 6.21. The Morgan fingerprint density at radius 1 is 1.13 bits per heavy atom. The maximum Gasteiger partial charge on any atom is 0.272 e. The molecule has 23 heavy (non-hydrogen) atoms. The van der Waals surface area contributed by atoms with Crippen molar-refractivity contribution in [1.29, 1.82) is 0 Å². The number of benzene rings is 2. The van der Waals surface area contributed by atoms with E-state index in [0.717, 1.165) is 33.5 Å². The van der Waals surface area contributed by atoms with Crippen LogP contribution >= 0.6 is 11.3 Å². The Hall–Kier alpha value is -2.46. The van der Waals surface area contributed by atoms with Crippen LogP contribution in [0.5, 0.6) is 0 Å². The van der Waals surface area contributed by atoms with Gasteiger partial charge in [0.05, 0.1) is 10.2 Å². The van der Waals surface area contributed by atoms with Gasteiger partial charge in [0.25, 0.3) is 5.91 Å². The molecule has 0 spiro atoms. The van der Waals surface area contributed by atoms with E-state index in [-0.39, 0.29) is 5.91 Å². The zero-order chi connectivity index (χ0) is 16.1. The summed E-state index contributed by atoms with van der Waals surface area (Å²) in [5, 5.41) is 0. The minimum absolute atomic E-state index is 0.231. The smallest absolute Gasteiger partial charge is 0.272 e. The summed E-state index contributed by atoms with van der Waals surface area (Å²) in [5.41, 5.74) is 2.13. The highest BCUT2D eigenvalue weighted by Crippen LogP contribution is 2.16. The quantitative estimate of drug-likeness (QED) is 0.661. The number of carbonyl (C=O) groups excluding carboxylic acids is 1. The van der Waals surface area contributed by atoms with Crippen LogP contribution in [0.25, 0.3) is 16.3 Å². The number of thiazole rings is 1. The van der Waals surface area contributed by atoms with E-state index in [9.17, 15) is 4.79 Å². The molecule has 0 bridgehead atoms. The highest BCUT2D eigenvalue weighted by atomic mass is 32.1. The van der Waals surface area contributed by atoms with E-state index in [1.807, 2.05) is 42.5 Å². The SMILES string of the molecule is CCCn1c(=NC(=O)/C=C/c2ccccc2)sc2ccccc21. The third-order valence-corrected chi connectivity index (χ3v) is 4.52. The Labute approximate surface area is 139 Å². The summed E-state index contributed by atoms with van der Waals surface area (Å²) in [4.78, 5) is 17.2. The molecule has 0 aliphatic heterocycles. The van der Waals surface area contributed by atoms with Gasteiger partial charge in [-0.3, -0.25) is 4.79 Å². The summed E-state index contributed by atoms with van der Waals surface area (Å²) >= 11 is 1.56. The van der Waals surface area contributed by atoms with Crippen LogP contribution in [0, 0.1) is 0 Å². The number of hydrogen-bond donors (Lipinski definition) is 0. The van der Waals surface area contributed by atoms with Crippen LogP contribution in [0.4, 0.5) is 0 Å². The van der Waals surface area contributed by atoms with E-state index in [0.29, 0.717) is 0 Å². The maximum absolute atomic E-state index is 12.2. The number of aryl methyl sites for hydroxylation is 1. The molecule has 0 saturated heterocycles. The molecule has 0 aliphatic rings. The summed E-state index contributed by atoms with van der Waals surface area (Å²) in [6.07, 6.45) is 4.32. The lowest BCUT2D eigenvalue weighted by Gasteiger charge is -2.01. The lowest BCUT2D eigenvalue weighted by atomic mass is 10.2. The standard InChI is InChI=1S/C19H18N2OS/c1-2-14-21-16-10-6-7-11-17(16)23-19(21)20-18(22)13-12-15-8-4-3-5-9-15/h3-13H,2,14H2,1H3/b13-12+,20-19?. The first-order valence-corrected chi connectivity index (χ1v) is 8.50. The maximum atomic E-state index is 12.2. The van der Waals surface area contributed by atoms with E-state index in [4.69, 9.17) is 0 Å². The van der Waals surface area contributed by atoms with E-state index in [1.165, 1.54) is 6.08 Å². The lowest BCUT2D eigenvalue weighted by Crippen LogP contribution is -2.16. The summed E-state index contributed by atoms with van der Waals surface area (Å²) in [6, 6.07) is 17.9. The molecule has 0 saturated carbocycles. The normalized spacial score (nSPS) is 12.3. The minimum atomic E-state index is -0.231. The van der Waals surface area contributed by atoms with Crippen molar-refractivity contribution in [2.75, 3.05) is 0 Å². The van der Waals surface area contributed by atoms with Gasteiger partial charge >= 0.3 is 0 Å². The second-order valence-electron chi connectivity index (χ2n) is 5.20. The van der Waals surface area contributed by atoms with Gasteiger partial charge in [-0.25, -0.2) is 0 Å². The molecule has 0 unspecified atom stereocenters. The van der Waals surface area contributed by atoms with Gasteiger partial charge in [-0.15, -0.1) is 0 Å². The van der Waals surface area contributed by atoms with Crippen molar-refractivity contribution in [1.82, 2.24) is 4.57 Å². The van der Waals surface area contributed by atoms with Crippen LogP contribution in [0.15, 0.2) is 65.7 Å². The van der Waals surface area contributed by atoms with Gasteiger partial charge < -0.3 is 4.57 Å². The number of aromatic nitrogens is 1. The molecule has 0 fully saturated rings. The molecule has 0 atom stereocenters. The van der Waals surface area contributed by atoms with Crippen LogP contribution in [0.3, 0.4) is 0 Å². The molecule has 1 amide bonds. The van der Waals surface area contributed by atoms with E-state index < -0.39 is 0 Å². The molecule has 1 aromatic heterocycles. The van der Waals surface area contributed by atoms with Crippen LogP contribution in [0.1, 0.15) is 18.9 Å². The predicted molar refractivity (Wildman–Crippen MR) is 96.2 cm³/mol. The molecule has 116 valence electrons. The van der Waals surface area contributed by atoms with E-state index >= 15 is 0 Å². The van der Waals surface area contributed by atoms with Gasteiger partial charge in [-0.05, 0) is 30.2 Å². The second kappa shape index (κ2) is 7.20. The first-order valence-electron chi connectivity index (χ1n) is 7.68. The van der Waals surface area contributed by atoms with Gasteiger partial charge in [-0.2, -0.15) is 4.99 Å². The van der Waals surface area contributed by atoms with Crippen molar-refractivity contribution in [2.24, 2.45) is 4.99 Å². The predicted octanol–water partition coefficient (Wildman–Crippen LogP) is 4.25. The monoisotopic (exact) mass is 322 g/mol. The van der Waals surface area contributed by atoms with Crippen LogP contribution in [0.2, 0.25) is 0 Å². The Morgan fingerprint density at radius 2 is 1.87 bits per heavy atom. The average Bonchev–Trinajstić information content (AvgIpc) is 2.92. The number of hydrogen-bond acceptors (Lipinski definition) is 2. The fourth-order valence-corrected chi connectivity index (χ4v) is 3.47. The molecule has 0 radical (unpaired) electrons. The first kappa shape index (κ1) is 15.4. The topological polar surface area (TPSA) is 34.4 Å². The Bertz CT molecular complexity index is 904. The van der Waals surface area contributed by atoms with Crippen molar-refractivity contribution < 1.29 is 4.79 Å². The molecule has 2 aromatic carbocycles. The van der Waals surface area contributed by atoms with Crippen molar-refractivity contribution in [3.8, 4) is 0 Å². The molecular weight excluding hydrogens is 304 g/mol. The Kier molecular flexibility index (Phi) is 4.83. The minimum Gasteiger partial charge on any atom is -0.316 e. The summed E-state index contributed by atoms with van der Waals surface area (Å²) in [7, 11) is 0. The van der Waals surface area contributed by atoms with Crippen LogP contribution in [-0.2, 0) is 11.3 Å². The molecule has 3 aromatic rings. The number of amides is 1. The van der Waals surface area contributed by atoms with Crippen molar-refractivity contribution in [3.63, 3.8) is 0 Å². The van der Waals surface area contributed by atoms with Gasteiger partial charge in [0.15, 0.2) is 4.80 Å². The molecule has 0 aliphatic carbocycles. The number of rotatable bonds is 4. The van der Waals surface area contributed by atoms with Gasteiger partial charge in [0.1, 0.15) is 0 Å². The number of carbonyl (C=O) groups is 1. The van der Waals surface area contributed by atoms with Gasteiger partial charge in [0, 0.05) is 12.6 Å². The number of fused-ring (bicyclic) bond motifs is 1. The van der Waals surface area contributed by atoms with Crippen LogP contribution in [-0.4, -0.2) is 10.5 Å². The molecular formula is C19H18N2OS. The highest BCUT2D eigenvalue weighted by Gasteiger charge is 2.05. The molecule has 0 N–H and O–H groups in total. The zero-order valence-electron chi connectivity index (χ0n) is 13.0. The molecule has 3 rings (SSSR count). The Morgan fingerprint density at radius 3 is 2.65 bits per heavy atom. The van der Waals surface area contributed by atoms with E-state index in [1.54, 1.807) is 17.4 Å². The van der Waals surface area contributed by atoms with Crippen molar-refractivity contribution >= 4 is 33.5 Å². The summed E-state index contributed by atoms with van der Waals surface area (Å²) in [6.45, 7) is 2.98.